The molecule has 3 fully saturated rings. The lowest BCUT2D eigenvalue weighted by Crippen LogP contribution is -2.57. The molecule has 0 radical (unpaired) electrons. The molecule has 0 saturated carbocycles. The van der Waals surface area contributed by atoms with E-state index in [1.807, 2.05) is 0 Å². The number of fused-ring (bicyclic) bond motifs is 3. The molecule has 2 bridgehead atoms. The van der Waals surface area contributed by atoms with Crippen molar-refractivity contribution in [3.63, 3.8) is 0 Å². The predicted molar refractivity (Wildman–Crippen MR) is 78.2 cm³/mol. The molecular weight excluding hydrogens is 234 g/mol. The number of piperidine rings is 3. The maximum atomic E-state index is 11.1. The average Bonchev–Trinajstić information content (AvgIpc) is 2.39. The van der Waals surface area contributed by atoms with Crippen molar-refractivity contribution in [2.75, 3.05) is 19.6 Å². The summed E-state index contributed by atoms with van der Waals surface area (Å²) in [5.41, 5.74) is 2.00. The molecule has 19 heavy (non-hydrogen) atoms. The topological polar surface area (TPSA) is 23.5 Å². The summed E-state index contributed by atoms with van der Waals surface area (Å²) in [7, 11) is 0. The summed E-state index contributed by atoms with van der Waals surface area (Å²) in [6, 6.07) is 8.65. The fourth-order valence-electron chi connectivity index (χ4n) is 3.62. The molecule has 0 amide bonds. The van der Waals surface area contributed by atoms with Gasteiger partial charge in [-0.2, -0.15) is 0 Å². The third kappa shape index (κ3) is 2.21. The predicted octanol–water partition coefficient (Wildman–Crippen LogP) is 2.90. The van der Waals surface area contributed by atoms with Gasteiger partial charge in [0.15, 0.2) is 0 Å². The molecule has 3 saturated heterocycles. The van der Waals surface area contributed by atoms with Crippen molar-refractivity contribution in [3.05, 3.63) is 35.4 Å². The number of rotatable bonds is 1. The van der Waals surface area contributed by atoms with Crippen molar-refractivity contribution in [2.45, 2.75) is 44.6 Å². The van der Waals surface area contributed by atoms with Gasteiger partial charge in [0, 0.05) is 6.54 Å². The minimum atomic E-state index is -0.618. The van der Waals surface area contributed by atoms with Crippen LogP contribution in [0.25, 0.3) is 0 Å². The Bertz CT molecular complexity index is 451. The first kappa shape index (κ1) is 13.1. The fraction of sp³-hybridized carbons (Fsp3) is 0.647. The molecule has 1 atom stereocenters. The van der Waals surface area contributed by atoms with Crippen LogP contribution in [0.4, 0.5) is 0 Å². The molecule has 1 aromatic rings. The molecule has 2 nitrogen and oxygen atoms in total. The van der Waals surface area contributed by atoms with Gasteiger partial charge in [0.2, 0.25) is 0 Å². The largest absolute Gasteiger partial charge is 0.384 e. The monoisotopic (exact) mass is 259 g/mol. The Hall–Kier alpha value is -0.860. The van der Waals surface area contributed by atoms with E-state index in [9.17, 15) is 5.11 Å². The summed E-state index contributed by atoms with van der Waals surface area (Å²) in [5, 5.41) is 11.1. The lowest BCUT2D eigenvalue weighted by Gasteiger charge is -2.50. The van der Waals surface area contributed by atoms with Gasteiger partial charge in [0.05, 0.1) is 0 Å². The second-order valence-corrected chi connectivity index (χ2v) is 7.30. The zero-order valence-electron chi connectivity index (χ0n) is 12.3. The third-order valence-electron chi connectivity index (χ3n) is 4.98. The van der Waals surface area contributed by atoms with Crippen LogP contribution in [0.15, 0.2) is 24.3 Å². The lowest BCUT2D eigenvalue weighted by atomic mass is 9.71. The third-order valence-corrected chi connectivity index (χ3v) is 4.98. The number of nitrogens with zero attached hydrogens (tertiary/aromatic N) is 1. The van der Waals surface area contributed by atoms with Crippen molar-refractivity contribution in [2.24, 2.45) is 5.92 Å². The molecule has 1 aromatic carbocycles. The maximum absolute atomic E-state index is 11.1. The van der Waals surface area contributed by atoms with Gasteiger partial charge in [0.25, 0.3) is 0 Å². The summed E-state index contributed by atoms with van der Waals surface area (Å²) in [6.45, 7) is 9.81. The first-order valence-electron chi connectivity index (χ1n) is 7.45. The van der Waals surface area contributed by atoms with Crippen LogP contribution in [-0.4, -0.2) is 29.6 Å². The summed E-state index contributed by atoms with van der Waals surface area (Å²) in [4.78, 5) is 2.40. The Morgan fingerprint density at radius 1 is 1.11 bits per heavy atom. The summed E-state index contributed by atoms with van der Waals surface area (Å²) in [6.07, 6.45) is 2.27. The number of aliphatic hydroxyl groups is 1. The highest BCUT2D eigenvalue weighted by molar-refractivity contribution is 5.32. The van der Waals surface area contributed by atoms with Gasteiger partial charge in [-0.3, -0.25) is 0 Å². The van der Waals surface area contributed by atoms with E-state index in [2.05, 4.69) is 49.9 Å². The summed E-state index contributed by atoms with van der Waals surface area (Å²) in [5.74, 6) is 0.443. The fourth-order valence-corrected chi connectivity index (χ4v) is 3.62. The Labute approximate surface area is 116 Å². The maximum Gasteiger partial charge on any atom is 0.105 e. The SMILES string of the molecule is CC(C)(C)c1ccc(C2(O)CN3CCC2CC3)cc1. The van der Waals surface area contributed by atoms with Gasteiger partial charge in [0.1, 0.15) is 5.60 Å². The van der Waals surface area contributed by atoms with E-state index >= 15 is 0 Å². The van der Waals surface area contributed by atoms with Gasteiger partial charge in [-0.1, -0.05) is 45.0 Å². The quantitative estimate of drug-likeness (QED) is 0.838. The molecule has 3 aliphatic heterocycles. The molecule has 3 aliphatic rings. The van der Waals surface area contributed by atoms with Crippen LogP contribution in [0.3, 0.4) is 0 Å². The molecule has 1 N–H and O–H groups in total. The van der Waals surface area contributed by atoms with Crippen molar-refractivity contribution in [1.82, 2.24) is 4.90 Å². The van der Waals surface area contributed by atoms with Crippen LogP contribution in [0.1, 0.15) is 44.7 Å². The van der Waals surface area contributed by atoms with Gasteiger partial charge in [-0.15, -0.1) is 0 Å². The van der Waals surface area contributed by atoms with E-state index in [1.54, 1.807) is 0 Å². The van der Waals surface area contributed by atoms with Crippen LogP contribution in [0, 0.1) is 5.92 Å². The normalized spacial score (nSPS) is 34.5. The number of hydrogen-bond acceptors (Lipinski definition) is 2. The molecule has 104 valence electrons. The standard InChI is InChI=1S/C17H25NO/c1-16(2,3)13-4-6-14(7-5-13)17(19)12-18-10-8-15(17)9-11-18/h4-7,15,19H,8-12H2,1-3H3. The number of hydrogen-bond donors (Lipinski definition) is 1. The summed E-state index contributed by atoms with van der Waals surface area (Å²) < 4.78 is 0. The Morgan fingerprint density at radius 3 is 2.11 bits per heavy atom. The molecule has 2 heteroatoms. The zero-order chi connectivity index (χ0) is 13.7. The van der Waals surface area contributed by atoms with Crippen LogP contribution >= 0.6 is 0 Å². The van der Waals surface area contributed by atoms with Gasteiger partial charge in [-0.25, -0.2) is 0 Å². The van der Waals surface area contributed by atoms with E-state index in [0.717, 1.165) is 38.0 Å². The minimum absolute atomic E-state index is 0.177. The Kier molecular flexibility index (Phi) is 2.99. The number of benzene rings is 1. The van der Waals surface area contributed by atoms with E-state index in [-0.39, 0.29) is 5.41 Å². The molecular formula is C17H25NO. The molecule has 0 spiro atoms. The second-order valence-electron chi connectivity index (χ2n) is 7.30. The zero-order valence-corrected chi connectivity index (χ0v) is 12.3. The molecule has 0 aliphatic carbocycles. The van der Waals surface area contributed by atoms with Crippen molar-refractivity contribution in [3.8, 4) is 0 Å². The molecule has 4 rings (SSSR count). The van der Waals surface area contributed by atoms with Crippen LogP contribution in [-0.2, 0) is 11.0 Å². The van der Waals surface area contributed by atoms with Gasteiger partial charge in [-0.05, 0) is 48.4 Å². The second kappa shape index (κ2) is 4.32. The highest BCUT2D eigenvalue weighted by Crippen LogP contribution is 2.42. The van der Waals surface area contributed by atoms with E-state index in [4.69, 9.17) is 0 Å². The lowest BCUT2D eigenvalue weighted by molar-refractivity contribution is -0.117. The highest BCUT2D eigenvalue weighted by atomic mass is 16.3. The smallest absolute Gasteiger partial charge is 0.105 e. The first-order valence-corrected chi connectivity index (χ1v) is 7.45. The minimum Gasteiger partial charge on any atom is -0.384 e. The van der Waals surface area contributed by atoms with Crippen LogP contribution in [0.5, 0.6) is 0 Å². The highest BCUT2D eigenvalue weighted by Gasteiger charge is 2.46. The first-order chi connectivity index (χ1) is 8.89. The summed E-state index contributed by atoms with van der Waals surface area (Å²) >= 11 is 0. The van der Waals surface area contributed by atoms with Crippen LogP contribution in [0.2, 0.25) is 0 Å². The van der Waals surface area contributed by atoms with Crippen molar-refractivity contribution < 1.29 is 5.11 Å². The average molecular weight is 259 g/mol. The van der Waals surface area contributed by atoms with Crippen LogP contribution < -0.4 is 0 Å². The van der Waals surface area contributed by atoms with E-state index in [1.165, 1.54) is 5.56 Å². The van der Waals surface area contributed by atoms with Crippen molar-refractivity contribution >= 4 is 0 Å². The molecule has 3 heterocycles. The Balaban J connectivity index is 1.90. The Morgan fingerprint density at radius 2 is 1.68 bits per heavy atom. The molecule has 1 unspecified atom stereocenters. The van der Waals surface area contributed by atoms with Crippen molar-refractivity contribution in [1.29, 1.82) is 0 Å². The van der Waals surface area contributed by atoms with Gasteiger partial charge < -0.3 is 10.0 Å². The van der Waals surface area contributed by atoms with E-state index in [0.29, 0.717) is 5.92 Å². The molecule has 0 aromatic heterocycles. The van der Waals surface area contributed by atoms with E-state index < -0.39 is 5.60 Å². The van der Waals surface area contributed by atoms with Gasteiger partial charge >= 0.3 is 0 Å².